The van der Waals surface area contributed by atoms with Crippen molar-refractivity contribution in [2.75, 3.05) is 0 Å². The minimum absolute atomic E-state index is 0.0801. The molecule has 2 aromatic carbocycles. The zero-order valence-corrected chi connectivity index (χ0v) is 14.4. The molecule has 1 N–H and O–H groups in total. The van der Waals surface area contributed by atoms with E-state index in [1.54, 1.807) is 0 Å². The first-order valence-electron chi connectivity index (χ1n) is 6.89. The van der Waals surface area contributed by atoms with Crippen LogP contribution in [0.5, 0.6) is 0 Å². The van der Waals surface area contributed by atoms with E-state index in [1.807, 2.05) is 37.3 Å². The Labute approximate surface area is 141 Å². The van der Waals surface area contributed by atoms with Crippen LogP contribution in [-0.4, -0.2) is 14.5 Å². The average Bonchev–Trinajstić information content (AvgIpc) is 2.45. The molecule has 0 aromatic heterocycles. The molecular weight excluding hydrogens is 341 g/mol. The van der Waals surface area contributed by atoms with Crippen LogP contribution >= 0.6 is 23.2 Å². The van der Waals surface area contributed by atoms with E-state index >= 15 is 0 Å². The molecule has 118 valence electrons. The van der Waals surface area contributed by atoms with Crippen LogP contribution in [0.2, 0.25) is 10.0 Å². The molecule has 0 bridgehead atoms. The van der Waals surface area contributed by atoms with Crippen molar-refractivity contribution in [1.82, 2.24) is 4.72 Å². The Morgan fingerprint density at radius 3 is 2.23 bits per heavy atom. The molecule has 0 amide bonds. The Hall–Kier alpha value is -1.07. The second-order valence-corrected chi connectivity index (χ2v) is 7.74. The third-order valence-electron chi connectivity index (χ3n) is 3.21. The lowest BCUT2D eigenvalue weighted by Gasteiger charge is -2.14. The molecule has 3 nitrogen and oxygen atoms in total. The maximum Gasteiger partial charge on any atom is 0.240 e. The molecule has 0 saturated heterocycles. The van der Waals surface area contributed by atoms with E-state index in [1.165, 1.54) is 23.8 Å². The monoisotopic (exact) mass is 357 g/mol. The highest BCUT2D eigenvalue weighted by Gasteiger charge is 2.18. The van der Waals surface area contributed by atoms with Gasteiger partial charge in [0, 0.05) is 16.1 Å². The highest BCUT2D eigenvalue weighted by Crippen LogP contribution is 2.22. The van der Waals surface area contributed by atoms with Gasteiger partial charge in [-0.2, -0.15) is 0 Å². The molecule has 6 heteroatoms. The predicted octanol–water partition coefficient (Wildman–Crippen LogP) is 4.29. The smallest absolute Gasteiger partial charge is 0.208 e. The zero-order valence-electron chi connectivity index (χ0n) is 12.1. The SMILES string of the molecule is CC(CCc1ccccc1)NS(=O)(=O)c1cc(Cl)cc(Cl)c1. The molecule has 0 aliphatic carbocycles. The summed E-state index contributed by atoms with van der Waals surface area (Å²) >= 11 is 11.7. The molecular formula is C16H17Cl2NO2S. The van der Waals surface area contributed by atoms with E-state index in [9.17, 15) is 8.42 Å². The summed E-state index contributed by atoms with van der Waals surface area (Å²) < 4.78 is 27.3. The van der Waals surface area contributed by atoms with Crippen molar-refractivity contribution < 1.29 is 8.42 Å². The van der Waals surface area contributed by atoms with E-state index in [4.69, 9.17) is 23.2 Å². The lowest BCUT2D eigenvalue weighted by molar-refractivity contribution is 0.547. The van der Waals surface area contributed by atoms with Gasteiger partial charge in [-0.1, -0.05) is 53.5 Å². The number of halogens is 2. The zero-order chi connectivity index (χ0) is 16.2. The summed E-state index contributed by atoms with van der Waals surface area (Å²) in [5.74, 6) is 0. The second-order valence-electron chi connectivity index (χ2n) is 5.15. The van der Waals surface area contributed by atoms with Crippen molar-refractivity contribution in [3.8, 4) is 0 Å². The van der Waals surface area contributed by atoms with Crippen LogP contribution < -0.4 is 4.72 Å². The number of benzene rings is 2. The molecule has 1 unspecified atom stereocenters. The van der Waals surface area contributed by atoms with E-state index in [-0.39, 0.29) is 10.9 Å². The van der Waals surface area contributed by atoms with Gasteiger partial charge in [-0.15, -0.1) is 0 Å². The summed E-state index contributed by atoms with van der Waals surface area (Å²) in [6.07, 6.45) is 1.51. The molecule has 22 heavy (non-hydrogen) atoms. The lowest BCUT2D eigenvalue weighted by atomic mass is 10.1. The van der Waals surface area contributed by atoms with Crippen LogP contribution in [0.15, 0.2) is 53.4 Å². The Balaban J connectivity index is 2.01. The van der Waals surface area contributed by atoms with Crippen LogP contribution in [-0.2, 0) is 16.4 Å². The van der Waals surface area contributed by atoms with E-state index in [2.05, 4.69) is 4.72 Å². The molecule has 0 heterocycles. The highest BCUT2D eigenvalue weighted by molar-refractivity contribution is 7.89. The quantitative estimate of drug-likeness (QED) is 0.837. The standard InChI is InChI=1S/C16H17Cl2NO2S/c1-12(7-8-13-5-3-2-4-6-13)19-22(20,21)16-10-14(17)9-15(18)11-16/h2-6,9-12,19H,7-8H2,1H3. The Kier molecular flexibility index (Phi) is 5.87. The van der Waals surface area contributed by atoms with Crippen molar-refractivity contribution in [2.45, 2.75) is 30.7 Å². The molecule has 1 atom stereocenters. The van der Waals surface area contributed by atoms with Crippen molar-refractivity contribution in [2.24, 2.45) is 0 Å². The third-order valence-corrected chi connectivity index (χ3v) is 5.22. The number of nitrogens with one attached hydrogen (secondary N) is 1. The minimum atomic E-state index is -3.63. The molecule has 2 rings (SSSR count). The first kappa shape index (κ1) is 17.3. The van der Waals surface area contributed by atoms with Crippen LogP contribution in [0.3, 0.4) is 0 Å². The summed E-state index contributed by atoms with van der Waals surface area (Å²) in [7, 11) is -3.63. The maximum absolute atomic E-state index is 12.3. The van der Waals surface area contributed by atoms with E-state index in [0.29, 0.717) is 16.5 Å². The van der Waals surface area contributed by atoms with Crippen LogP contribution in [0, 0.1) is 0 Å². The van der Waals surface area contributed by atoms with E-state index < -0.39 is 10.0 Å². The van der Waals surface area contributed by atoms with E-state index in [0.717, 1.165) is 6.42 Å². The number of rotatable bonds is 6. The van der Waals surface area contributed by atoms with Gasteiger partial charge in [0.25, 0.3) is 0 Å². The van der Waals surface area contributed by atoms with Gasteiger partial charge in [-0.05, 0) is 43.5 Å². The largest absolute Gasteiger partial charge is 0.240 e. The van der Waals surface area contributed by atoms with Gasteiger partial charge in [-0.3, -0.25) is 0 Å². The van der Waals surface area contributed by atoms with Crippen molar-refractivity contribution >= 4 is 33.2 Å². The second kappa shape index (κ2) is 7.47. The first-order valence-corrected chi connectivity index (χ1v) is 9.13. The van der Waals surface area contributed by atoms with Crippen LogP contribution in [0.1, 0.15) is 18.9 Å². The van der Waals surface area contributed by atoms with Crippen molar-refractivity contribution in [3.63, 3.8) is 0 Å². The molecule has 0 radical (unpaired) electrons. The average molecular weight is 358 g/mol. The van der Waals surface area contributed by atoms with Gasteiger partial charge in [0.2, 0.25) is 10.0 Å². The van der Waals surface area contributed by atoms with Gasteiger partial charge < -0.3 is 0 Å². The van der Waals surface area contributed by atoms with Crippen molar-refractivity contribution in [3.05, 3.63) is 64.1 Å². The predicted molar refractivity (Wildman–Crippen MR) is 91.0 cm³/mol. The van der Waals surface area contributed by atoms with Crippen LogP contribution in [0.4, 0.5) is 0 Å². The lowest BCUT2D eigenvalue weighted by Crippen LogP contribution is -2.33. The van der Waals surface area contributed by atoms with Gasteiger partial charge in [0.05, 0.1) is 4.90 Å². The van der Waals surface area contributed by atoms with Crippen LogP contribution in [0.25, 0.3) is 0 Å². The Morgan fingerprint density at radius 1 is 1.05 bits per heavy atom. The molecule has 2 aromatic rings. The minimum Gasteiger partial charge on any atom is -0.208 e. The summed E-state index contributed by atoms with van der Waals surface area (Å²) in [6.45, 7) is 1.84. The topological polar surface area (TPSA) is 46.2 Å². The third kappa shape index (κ3) is 4.99. The Morgan fingerprint density at radius 2 is 1.64 bits per heavy atom. The first-order chi connectivity index (χ1) is 10.4. The number of sulfonamides is 1. The number of aryl methyl sites for hydroxylation is 1. The van der Waals surface area contributed by atoms with Gasteiger partial charge in [0.15, 0.2) is 0 Å². The van der Waals surface area contributed by atoms with Gasteiger partial charge in [-0.25, -0.2) is 13.1 Å². The fourth-order valence-electron chi connectivity index (χ4n) is 2.10. The maximum atomic E-state index is 12.3. The molecule has 0 aliphatic rings. The fraction of sp³-hybridized carbons (Fsp3) is 0.250. The highest BCUT2D eigenvalue weighted by atomic mass is 35.5. The summed E-state index contributed by atoms with van der Waals surface area (Å²) in [5.41, 5.74) is 1.18. The summed E-state index contributed by atoms with van der Waals surface area (Å²) in [5, 5.41) is 0.592. The summed E-state index contributed by atoms with van der Waals surface area (Å²) in [6, 6.07) is 14.0. The molecule has 0 aliphatic heterocycles. The normalized spacial score (nSPS) is 13.0. The molecule has 0 saturated carbocycles. The Bertz CT molecular complexity index is 713. The van der Waals surface area contributed by atoms with Crippen molar-refractivity contribution in [1.29, 1.82) is 0 Å². The molecule has 0 fully saturated rings. The molecule has 0 spiro atoms. The number of hydrogen-bond donors (Lipinski definition) is 1. The van der Waals surface area contributed by atoms with Gasteiger partial charge >= 0.3 is 0 Å². The summed E-state index contributed by atoms with van der Waals surface area (Å²) in [4.78, 5) is 0.0801. The fourth-order valence-corrected chi connectivity index (χ4v) is 4.11. The van der Waals surface area contributed by atoms with Gasteiger partial charge in [0.1, 0.15) is 0 Å². The number of hydrogen-bond acceptors (Lipinski definition) is 2.